The fourth-order valence-corrected chi connectivity index (χ4v) is 5.19. The Balaban J connectivity index is 1.76. The molecule has 0 saturated heterocycles. The van der Waals surface area contributed by atoms with E-state index in [1.807, 2.05) is 42.5 Å². The first kappa shape index (κ1) is 22.9. The Morgan fingerprint density at radius 3 is 2.26 bits per heavy atom. The monoisotopic (exact) mass is 532 g/mol. The maximum absolute atomic E-state index is 13.4. The van der Waals surface area contributed by atoms with Crippen LogP contribution in [0.2, 0.25) is 5.02 Å². The highest BCUT2D eigenvalue weighted by atomic mass is 79.9. The summed E-state index contributed by atoms with van der Waals surface area (Å²) in [6.07, 6.45) is 0.478. The molecule has 5 heteroatoms. The van der Waals surface area contributed by atoms with Gasteiger partial charge in [-0.05, 0) is 72.5 Å². The zero-order valence-corrected chi connectivity index (χ0v) is 21.7. The second-order valence-electron chi connectivity index (χ2n) is 9.68. The van der Waals surface area contributed by atoms with Crippen LogP contribution in [-0.2, 0) is 0 Å². The number of hydrogen-bond donors (Lipinski definition) is 1. The van der Waals surface area contributed by atoms with Gasteiger partial charge in [-0.3, -0.25) is 4.79 Å². The van der Waals surface area contributed by atoms with Crippen LogP contribution < -0.4 is 5.32 Å². The molecular formula is C29H26BrClN2O. The second kappa shape index (κ2) is 8.75. The summed E-state index contributed by atoms with van der Waals surface area (Å²) in [5.41, 5.74) is 6.74. The van der Waals surface area contributed by atoms with Gasteiger partial charge in [0.25, 0.3) is 0 Å². The Bertz CT molecular complexity index is 1350. The molecule has 1 aromatic heterocycles. The van der Waals surface area contributed by atoms with Crippen LogP contribution in [0.15, 0.2) is 83.3 Å². The fourth-order valence-electron chi connectivity index (χ4n) is 4.80. The quantitative estimate of drug-likeness (QED) is 0.285. The van der Waals surface area contributed by atoms with E-state index in [9.17, 15) is 4.79 Å². The summed E-state index contributed by atoms with van der Waals surface area (Å²) in [5.74, 6) is 0.176. The Hall–Kier alpha value is -2.82. The Kier molecular flexibility index (Phi) is 5.91. The SMILES string of the molecule is Cc1ccc(-n2c(-c3ccc(Cl)cc3)cc3c2C(Nc2ccc(Br)cc2)C(C)(C)CC3=O)cc1. The molecule has 0 aliphatic heterocycles. The zero-order chi connectivity index (χ0) is 24.0. The third-order valence-electron chi connectivity index (χ3n) is 6.60. The highest BCUT2D eigenvalue weighted by molar-refractivity contribution is 9.10. The van der Waals surface area contributed by atoms with Gasteiger partial charge >= 0.3 is 0 Å². The van der Waals surface area contributed by atoms with Crippen LogP contribution in [-0.4, -0.2) is 10.4 Å². The molecule has 0 bridgehead atoms. The van der Waals surface area contributed by atoms with Crippen LogP contribution >= 0.6 is 27.5 Å². The number of aromatic nitrogens is 1. The van der Waals surface area contributed by atoms with E-state index < -0.39 is 0 Å². The lowest BCUT2D eigenvalue weighted by Gasteiger charge is -2.40. The highest BCUT2D eigenvalue weighted by Gasteiger charge is 2.43. The van der Waals surface area contributed by atoms with Crippen LogP contribution in [0.5, 0.6) is 0 Å². The highest BCUT2D eigenvalue weighted by Crippen LogP contribution is 2.48. The first-order valence-corrected chi connectivity index (χ1v) is 12.5. The van der Waals surface area contributed by atoms with Crippen molar-refractivity contribution in [1.82, 2.24) is 4.57 Å². The van der Waals surface area contributed by atoms with Gasteiger partial charge in [-0.1, -0.05) is 71.2 Å². The number of Topliss-reactive ketones (excluding diaryl/α,β-unsaturated/α-hetero) is 1. The topological polar surface area (TPSA) is 34.0 Å². The maximum atomic E-state index is 13.4. The van der Waals surface area contributed by atoms with Gasteiger partial charge in [0, 0.05) is 32.9 Å². The van der Waals surface area contributed by atoms with E-state index in [0.29, 0.717) is 11.4 Å². The third-order valence-corrected chi connectivity index (χ3v) is 7.38. The molecule has 0 spiro atoms. The van der Waals surface area contributed by atoms with Crippen LogP contribution in [0, 0.1) is 12.3 Å². The minimum Gasteiger partial charge on any atom is -0.376 e. The number of nitrogens with one attached hydrogen (secondary N) is 1. The summed E-state index contributed by atoms with van der Waals surface area (Å²) in [4.78, 5) is 13.4. The zero-order valence-electron chi connectivity index (χ0n) is 19.4. The Morgan fingerprint density at radius 2 is 1.62 bits per heavy atom. The van der Waals surface area contributed by atoms with Gasteiger partial charge in [-0.2, -0.15) is 0 Å². The van der Waals surface area contributed by atoms with Crippen LogP contribution in [0.1, 0.15) is 47.9 Å². The summed E-state index contributed by atoms with van der Waals surface area (Å²) >= 11 is 9.71. The molecule has 34 heavy (non-hydrogen) atoms. The molecular weight excluding hydrogens is 508 g/mol. The van der Waals surface area contributed by atoms with E-state index in [2.05, 4.69) is 83.0 Å². The number of aryl methyl sites for hydroxylation is 1. The van der Waals surface area contributed by atoms with Gasteiger partial charge in [0.05, 0.1) is 17.4 Å². The second-order valence-corrected chi connectivity index (χ2v) is 11.0. The Morgan fingerprint density at radius 1 is 0.971 bits per heavy atom. The molecule has 4 aromatic rings. The third kappa shape index (κ3) is 4.21. The summed E-state index contributed by atoms with van der Waals surface area (Å²) in [6, 6.07) is 26.5. The largest absolute Gasteiger partial charge is 0.376 e. The average Bonchev–Trinajstić information content (AvgIpc) is 3.19. The van der Waals surface area contributed by atoms with Crippen molar-refractivity contribution in [3.05, 3.63) is 105 Å². The number of halogens is 2. The molecule has 3 aromatic carbocycles. The summed E-state index contributed by atoms with van der Waals surface area (Å²) in [7, 11) is 0. The van der Waals surface area contributed by atoms with Crippen molar-refractivity contribution in [2.75, 3.05) is 5.32 Å². The lowest BCUT2D eigenvalue weighted by atomic mass is 9.72. The molecule has 1 aliphatic carbocycles. The lowest BCUT2D eigenvalue weighted by molar-refractivity contribution is 0.0891. The minimum atomic E-state index is -0.283. The number of hydrogen-bond acceptors (Lipinski definition) is 2. The Labute approximate surface area is 213 Å². The van der Waals surface area contributed by atoms with Crippen molar-refractivity contribution < 1.29 is 4.79 Å². The molecule has 1 N–H and O–H groups in total. The molecule has 0 amide bonds. The van der Waals surface area contributed by atoms with E-state index >= 15 is 0 Å². The normalized spacial score (nSPS) is 16.9. The van der Waals surface area contributed by atoms with Crippen molar-refractivity contribution in [2.24, 2.45) is 5.41 Å². The molecule has 5 rings (SSSR count). The van der Waals surface area contributed by atoms with E-state index in [1.54, 1.807) is 0 Å². The molecule has 0 fully saturated rings. The number of anilines is 1. The van der Waals surface area contributed by atoms with Gasteiger partial charge < -0.3 is 9.88 Å². The van der Waals surface area contributed by atoms with Crippen molar-refractivity contribution in [3.8, 4) is 16.9 Å². The van der Waals surface area contributed by atoms with Gasteiger partial charge in [0.1, 0.15) is 0 Å². The molecule has 1 aliphatic rings. The van der Waals surface area contributed by atoms with Crippen molar-refractivity contribution >= 4 is 39.0 Å². The number of nitrogens with zero attached hydrogens (tertiary/aromatic N) is 1. The summed E-state index contributed by atoms with van der Waals surface area (Å²) < 4.78 is 3.28. The summed E-state index contributed by atoms with van der Waals surface area (Å²) in [5, 5.41) is 4.44. The van der Waals surface area contributed by atoms with E-state index in [1.165, 1.54) is 5.56 Å². The number of fused-ring (bicyclic) bond motifs is 1. The predicted octanol–water partition coefficient (Wildman–Crippen LogP) is 8.63. The van der Waals surface area contributed by atoms with Crippen LogP contribution in [0.4, 0.5) is 5.69 Å². The standard InChI is InChI=1S/C29H26BrClN2O/c1-18-4-14-23(15-5-18)33-25(19-6-10-21(31)11-7-19)16-24-26(34)17-29(2,3)28(27(24)33)32-22-12-8-20(30)9-13-22/h4-16,28,32H,17H2,1-3H3. The van der Waals surface area contributed by atoms with Gasteiger partial charge in [0.15, 0.2) is 5.78 Å². The number of carbonyl (C=O) groups excluding carboxylic acids is 1. The van der Waals surface area contributed by atoms with Crippen LogP contribution in [0.25, 0.3) is 16.9 Å². The van der Waals surface area contributed by atoms with Gasteiger partial charge in [0.2, 0.25) is 0 Å². The number of benzene rings is 3. The molecule has 1 atom stereocenters. The smallest absolute Gasteiger partial charge is 0.165 e. The lowest BCUT2D eigenvalue weighted by Crippen LogP contribution is -2.37. The molecule has 0 radical (unpaired) electrons. The maximum Gasteiger partial charge on any atom is 0.165 e. The average molecular weight is 534 g/mol. The predicted molar refractivity (Wildman–Crippen MR) is 144 cm³/mol. The molecule has 1 unspecified atom stereocenters. The first-order chi connectivity index (χ1) is 16.2. The molecule has 3 nitrogen and oxygen atoms in total. The number of carbonyl (C=O) groups is 1. The van der Waals surface area contributed by atoms with Gasteiger partial charge in [-0.15, -0.1) is 0 Å². The number of ketones is 1. The fraction of sp³-hybridized carbons (Fsp3) is 0.207. The molecule has 172 valence electrons. The van der Waals surface area contributed by atoms with E-state index in [0.717, 1.165) is 38.4 Å². The van der Waals surface area contributed by atoms with Crippen molar-refractivity contribution in [1.29, 1.82) is 0 Å². The van der Waals surface area contributed by atoms with Crippen molar-refractivity contribution in [2.45, 2.75) is 33.2 Å². The molecule has 1 heterocycles. The summed E-state index contributed by atoms with van der Waals surface area (Å²) in [6.45, 7) is 6.41. The van der Waals surface area contributed by atoms with E-state index in [-0.39, 0.29) is 17.2 Å². The van der Waals surface area contributed by atoms with E-state index in [4.69, 9.17) is 11.6 Å². The van der Waals surface area contributed by atoms with Crippen molar-refractivity contribution in [3.63, 3.8) is 0 Å². The minimum absolute atomic E-state index is 0.0660. The number of rotatable bonds is 4. The first-order valence-electron chi connectivity index (χ1n) is 11.4. The van der Waals surface area contributed by atoms with Crippen LogP contribution in [0.3, 0.4) is 0 Å². The molecule has 0 saturated carbocycles. The van der Waals surface area contributed by atoms with Gasteiger partial charge in [-0.25, -0.2) is 0 Å².